The van der Waals surface area contributed by atoms with Gasteiger partial charge in [0.25, 0.3) is 5.91 Å². The number of thioether (sulfide) groups is 1. The summed E-state index contributed by atoms with van der Waals surface area (Å²) in [6.07, 6.45) is 2.62. The Bertz CT molecular complexity index is 478. The molecule has 1 aromatic rings. The highest BCUT2D eigenvalue weighted by Gasteiger charge is 2.24. The number of hydrazine groups is 1. The molecular formula is C12H14FN3OS. The maximum absolute atomic E-state index is 13.6. The van der Waals surface area contributed by atoms with Crippen LogP contribution in [0.25, 0.3) is 0 Å². The Morgan fingerprint density at radius 2 is 2.17 bits per heavy atom. The third-order valence-corrected chi connectivity index (χ3v) is 3.26. The number of nitrogens with zero attached hydrogens (tertiary/aromatic N) is 1. The van der Waals surface area contributed by atoms with Gasteiger partial charge in [-0.2, -0.15) is 11.8 Å². The Morgan fingerprint density at radius 1 is 1.39 bits per heavy atom. The summed E-state index contributed by atoms with van der Waals surface area (Å²) in [5.41, 5.74) is 5.52. The number of aliphatic imine (C=N–C) groups is 1. The first-order valence-electron chi connectivity index (χ1n) is 5.60. The highest BCUT2D eigenvalue weighted by molar-refractivity contribution is 7.98. The number of carbonyl (C=O) groups excluding carboxylic acids is 1. The summed E-state index contributed by atoms with van der Waals surface area (Å²) in [5, 5.41) is 0. The molecule has 1 aliphatic rings. The molecule has 0 aliphatic carbocycles. The van der Waals surface area contributed by atoms with E-state index in [0.717, 1.165) is 5.75 Å². The molecule has 0 bridgehead atoms. The van der Waals surface area contributed by atoms with E-state index in [0.29, 0.717) is 17.8 Å². The van der Waals surface area contributed by atoms with Gasteiger partial charge in [-0.3, -0.25) is 20.6 Å². The topological polar surface area (TPSA) is 53.5 Å². The summed E-state index contributed by atoms with van der Waals surface area (Å²) in [4.78, 5) is 15.8. The molecule has 0 saturated carbocycles. The van der Waals surface area contributed by atoms with Crippen LogP contribution < -0.4 is 10.9 Å². The minimum atomic E-state index is -0.451. The van der Waals surface area contributed by atoms with Gasteiger partial charge >= 0.3 is 0 Å². The number of amides is 1. The monoisotopic (exact) mass is 267 g/mol. The quantitative estimate of drug-likeness (QED) is 0.865. The molecule has 0 spiro atoms. The third kappa shape index (κ3) is 2.81. The highest BCUT2D eigenvalue weighted by atomic mass is 32.2. The smallest absolute Gasteiger partial charge is 0.263 e. The van der Waals surface area contributed by atoms with Crippen molar-refractivity contribution in [2.24, 2.45) is 4.99 Å². The van der Waals surface area contributed by atoms with Gasteiger partial charge in [0, 0.05) is 0 Å². The molecule has 1 amide bonds. The summed E-state index contributed by atoms with van der Waals surface area (Å²) in [6, 6.07) is 5.90. The fraction of sp³-hybridized carbons (Fsp3) is 0.333. The Kier molecular flexibility index (Phi) is 4.19. The first-order valence-corrected chi connectivity index (χ1v) is 6.99. The standard InChI is InChI=1S/C12H14FN3OS/c1-18-7-6-10-12(17)16-15-11(14-10)8-4-2-3-5-9(8)13/h2-5,10H,6-7H2,1H3,(H,14,15)(H,16,17). The lowest BCUT2D eigenvalue weighted by molar-refractivity contribution is -0.123. The SMILES string of the molecule is CSCCC1N=C(c2ccccc2F)NNC1=O. The molecule has 6 heteroatoms. The summed E-state index contributed by atoms with van der Waals surface area (Å²) < 4.78 is 13.6. The number of rotatable bonds is 4. The minimum Gasteiger partial charge on any atom is -0.282 e. The summed E-state index contributed by atoms with van der Waals surface area (Å²) >= 11 is 1.65. The van der Waals surface area contributed by atoms with Gasteiger partial charge in [0.1, 0.15) is 11.9 Å². The number of amidine groups is 1. The van der Waals surface area contributed by atoms with E-state index in [4.69, 9.17) is 0 Å². The van der Waals surface area contributed by atoms with Crippen molar-refractivity contribution < 1.29 is 9.18 Å². The Labute approximate surface area is 109 Å². The van der Waals surface area contributed by atoms with Gasteiger partial charge in [-0.15, -0.1) is 0 Å². The molecule has 1 aliphatic heterocycles. The number of halogens is 1. The maximum atomic E-state index is 13.6. The van der Waals surface area contributed by atoms with Crippen LogP contribution in [0.5, 0.6) is 0 Å². The van der Waals surface area contributed by atoms with Gasteiger partial charge in [0.15, 0.2) is 5.84 Å². The molecule has 2 N–H and O–H groups in total. The van der Waals surface area contributed by atoms with E-state index in [-0.39, 0.29) is 11.7 Å². The van der Waals surface area contributed by atoms with Crippen molar-refractivity contribution in [2.45, 2.75) is 12.5 Å². The van der Waals surface area contributed by atoms with E-state index in [1.807, 2.05) is 6.26 Å². The Hall–Kier alpha value is -1.56. The lowest BCUT2D eigenvalue weighted by Crippen LogP contribution is -2.51. The van der Waals surface area contributed by atoms with Crippen LogP contribution in [0.15, 0.2) is 29.3 Å². The van der Waals surface area contributed by atoms with Crippen molar-refractivity contribution in [3.05, 3.63) is 35.6 Å². The van der Waals surface area contributed by atoms with E-state index in [1.165, 1.54) is 6.07 Å². The molecular weight excluding hydrogens is 253 g/mol. The Balaban J connectivity index is 2.23. The zero-order chi connectivity index (χ0) is 13.0. The number of hydrogen-bond donors (Lipinski definition) is 2. The number of benzene rings is 1. The largest absolute Gasteiger partial charge is 0.282 e. The van der Waals surface area contributed by atoms with Crippen LogP contribution in [0.3, 0.4) is 0 Å². The van der Waals surface area contributed by atoms with Crippen molar-refractivity contribution in [1.82, 2.24) is 10.9 Å². The zero-order valence-corrected chi connectivity index (χ0v) is 10.8. The number of carbonyl (C=O) groups is 1. The van der Waals surface area contributed by atoms with Crippen LogP contribution in [0, 0.1) is 5.82 Å². The summed E-state index contributed by atoms with van der Waals surface area (Å²) in [7, 11) is 0. The molecule has 0 radical (unpaired) electrons. The van der Waals surface area contributed by atoms with E-state index in [2.05, 4.69) is 15.8 Å². The zero-order valence-electron chi connectivity index (χ0n) is 9.94. The van der Waals surface area contributed by atoms with Gasteiger partial charge in [0.05, 0.1) is 5.56 Å². The van der Waals surface area contributed by atoms with Crippen LogP contribution in [-0.4, -0.2) is 29.8 Å². The molecule has 0 fully saturated rings. The minimum absolute atomic E-state index is 0.177. The average molecular weight is 267 g/mol. The van der Waals surface area contributed by atoms with E-state index in [9.17, 15) is 9.18 Å². The maximum Gasteiger partial charge on any atom is 0.263 e. The van der Waals surface area contributed by atoms with Crippen molar-refractivity contribution >= 4 is 23.5 Å². The summed E-state index contributed by atoms with van der Waals surface area (Å²) in [6.45, 7) is 0. The van der Waals surface area contributed by atoms with Gasteiger partial charge in [-0.25, -0.2) is 4.39 Å². The predicted octanol–water partition coefficient (Wildman–Crippen LogP) is 1.33. The summed E-state index contributed by atoms with van der Waals surface area (Å²) in [5.74, 6) is 0.679. The molecule has 2 rings (SSSR count). The number of nitrogens with one attached hydrogen (secondary N) is 2. The lowest BCUT2D eigenvalue weighted by atomic mass is 10.1. The molecule has 0 aromatic heterocycles. The highest BCUT2D eigenvalue weighted by Crippen LogP contribution is 2.12. The molecule has 1 heterocycles. The van der Waals surface area contributed by atoms with Crippen molar-refractivity contribution in [3.8, 4) is 0 Å². The first kappa shape index (κ1) is 12.9. The van der Waals surface area contributed by atoms with E-state index < -0.39 is 6.04 Å². The van der Waals surface area contributed by atoms with Gasteiger partial charge in [0.2, 0.25) is 0 Å². The molecule has 0 saturated heterocycles. The van der Waals surface area contributed by atoms with Gasteiger partial charge < -0.3 is 0 Å². The van der Waals surface area contributed by atoms with Crippen molar-refractivity contribution in [2.75, 3.05) is 12.0 Å². The van der Waals surface area contributed by atoms with Gasteiger partial charge in [-0.05, 0) is 30.6 Å². The van der Waals surface area contributed by atoms with E-state index in [1.54, 1.807) is 30.0 Å². The average Bonchev–Trinajstić information content (AvgIpc) is 2.39. The first-order chi connectivity index (χ1) is 8.72. The molecule has 18 heavy (non-hydrogen) atoms. The van der Waals surface area contributed by atoms with Crippen LogP contribution in [0.4, 0.5) is 4.39 Å². The second kappa shape index (κ2) is 5.86. The van der Waals surface area contributed by atoms with Crippen molar-refractivity contribution in [3.63, 3.8) is 0 Å². The van der Waals surface area contributed by atoms with Crippen molar-refractivity contribution in [1.29, 1.82) is 0 Å². The fourth-order valence-electron chi connectivity index (χ4n) is 1.67. The van der Waals surface area contributed by atoms with Crippen LogP contribution >= 0.6 is 11.8 Å². The van der Waals surface area contributed by atoms with Crippen LogP contribution in [-0.2, 0) is 4.79 Å². The number of hydrogen-bond acceptors (Lipinski definition) is 4. The second-order valence-corrected chi connectivity index (χ2v) is 4.85. The van der Waals surface area contributed by atoms with Crippen LogP contribution in [0.2, 0.25) is 0 Å². The van der Waals surface area contributed by atoms with Crippen LogP contribution in [0.1, 0.15) is 12.0 Å². The second-order valence-electron chi connectivity index (χ2n) is 3.87. The van der Waals surface area contributed by atoms with E-state index >= 15 is 0 Å². The lowest BCUT2D eigenvalue weighted by Gasteiger charge is -2.22. The van der Waals surface area contributed by atoms with Gasteiger partial charge in [-0.1, -0.05) is 12.1 Å². The normalized spacial score (nSPS) is 18.9. The Morgan fingerprint density at radius 3 is 2.89 bits per heavy atom. The fourth-order valence-corrected chi connectivity index (χ4v) is 2.13. The third-order valence-electron chi connectivity index (χ3n) is 2.62. The molecule has 1 unspecified atom stereocenters. The molecule has 4 nitrogen and oxygen atoms in total. The molecule has 1 atom stereocenters. The predicted molar refractivity (Wildman–Crippen MR) is 71.0 cm³/mol. The molecule has 1 aromatic carbocycles. The molecule has 96 valence electrons.